The molecule has 1 aromatic carbocycles. The van der Waals surface area contributed by atoms with Gasteiger partial charge in [-0.3, -0.25) is 9.78 Å². The minimum absolute atomic E-state index is 0.117. The molecule has 0 spiro atoms. The van der Waals surface area contributed by atoms with Gasteiger partial charge in [-0.2, -0.15) is 0 Å². The first-order chi connectivity index (χ1) is 12.1. The molecule has 0 radical (unpaired) electrons. The van der Waals surface area contributed by atoms with Crippen LogP contribution in [0, 0.1) is 0 Å². The van der Waals surface area contributed by atoms with E-state index in [1.807, 2.05) is 12.4 Å². The lowest BCUT2D eigenvalue weighted by molar-refractivity contribution is -0.120. The molecule has 2 aromatic heterocycles. The average molecular weight is 338 g/mol. The number of fused-ring (bicyclic) bond motifs is 3. The normalized spacial score (nSPS) is 11.5. The molecule has 0 aliphatic rings. The number of rotatable bonds is 7. The van der Waals surface area contributed by atoms with Gasteiger partial charge in [0.25, 0.3) is 0 Å². The molecule has 0 saturated heterocycles. The SMILES string of the molecule is CNC(=O)CCCCCn1cnc2c(C(C)C)nc3ccccc3c21. The Hall–Kier alpha value is -2.43. The Bertz CT molecular complexity index is 882. The van der Waals surface area contributed by atoms with Gasteiger partial charge in [-0.15, -0.1) is 0 Å². The summed E-state index contributed by atoms with van der Waals surface area (Å²) < 4.78 is 2.24. The summed E-state index contributed by atoms with van der Waals surface area (Å²) in [6, 6.07) is 8.28. The highest BCUT2D eigenvalue weighted by Crippen LogP contribution is 2.29. The van der Waals surface area contributed by atoms with Crippen LogP contribution in [0.5, 0.6) is 0 Å². The molecule has 1 amide bonds. The molecular weight excluding hydrogens is 312 g/mol. The lowest BCUT2D eigenvalue weighted by Crippen LogP contribution is -2.16. The molecule has 0 atom stereocenters. The second kappa shape index (κ2) is 7.64. The number of para-hydroxylation sites is 1. The minimum Gasteiger partial charge on any atom is -0.359 e. The van der Waals surface area contributed by atoms with E-state index in [1.165, 1.54) is 5.52 Å². The molecule has 25 heavy (non-hydrogen) atoms. The maximum Gasteiger partial charge on any atom is 0.219 e. The van der Waals surface area contributed by atoms with E-state index >= 15 is 0 Å². The molecule has 3 rings (SSSR count). The zero-order chi connectivity index (χ0) is 17.8. The Kier molecular flexibility index (Phi) is 5.31. The Balaban J connectivity index is 1.85. The number of carbonyl (C=O) groups is 1. The van der Waals surface area contributed by atoms with Crippen LogP contribution in [-0.2, 0) is 11.3 Å². The summed E-state index contributed by atoms with van der Waals surface area (Å²) in [6.45, 7) is 5.23. The Morgan fingerprint density at radius 1 is 1.20 bits per heavy atom. The van der Waals surface area contributed by atoms with Crippen molar-refractivity contribution in [3.8, 4) is 0 Å². The van der Waals surface area contributed by atoms with Gasteiger partial charge in [0.1, 0.15) is 5.52 Å². The molecule has 0 unspecified atom stereocenters. The van der Waals surface area contributed by atoms with Crippen molar-refractivity contribution in [2.45, 2.75) is 52.0 Å². The maximum absolute atomic E-state index is 11.3. The van der Waals surface area contributed by atoms with Crippen LogP contribution in [0.2, 0.25) is 0 Å². The van der Waals surface area contributed by atoms with Crippen LogP contribution in [0.3, 0.4) is 0 Å². The lowest BCUT2D eigenvalue weighted by atomic mass is 10.1. The summed E-state index contributed by atoms with van der Waals surface area (Å²) in [7, 11) is 1.69. The van der Waals surface area contributed by atoms with Crippen molar-refractivity contribution in [2.75, 3.05) is 7.05 Å². The molecule has 5 heteroatoms. The Labute approximate surface area is 148 Å². The third kappa shape index (κ3) is 3.65. The van der Waals surface area contributed by atoms with Gasteiger partial charge in [0, 0.05) is 25.4 Å². The number of imidazole rings is 1. The summed E-state index contributed by atoms with van der Waals surface area (Å²) in [5.41, 5.74) is 4.28. The molecular formula is C20H26N4O. The number of aryl methyl sites for hydroxylation is 1. The number of benzene rings is 1. The summed E-state index contributed by atoms with van der Waals surface area (Å²) in [4.78, 5) is 20.8. The standard InChI is InChI=1S/C20H26N4O/c1-14(2)18-19-20(15-9-6-7-10-16(15)23-18)24(13-22-19)12-8-4-5-11-17(25)21-3/h6-7,9-10,13-14H,4-5,8,11-12H2,1-3H3,(H,21,25). The smallest absolute Gasteiger partial charge is 0.219 e. The summed E-state index contributed by atoms with van der Waals surface area (Å²) in [5.74, 6) is 0.453. The van der Waals surface area contributed by atoms with E-state index in [1.54, 1.807) is 7.05 Å². The third-order valence-electron chi connectivity index (χ3n) is 4.61. The van der Waals surface area contributed by atoms with Crippen molar-refractivity contribution in [3.63, 3.8) is 0 Å². The maximum atomic E-state index is 11.3. The highest BCUT2D eigenvalue weighted by Gasteiger charge is 2.15. The quantitative estimate of drug-likeness (QED) is 0.662. The van der Waals surface area contributed by atoms with Gasteiger partial charge in [-0.05, 0) is 24.8 Å². The summed E-state index contributed by atoms with van der Waals surface area (Å²) in [5, 5.41) is 3.83. The van der Waals surface area contributed by atoms with Crippen LogP contribution in [0.4, 0.5) is 0 Å². The molecule has 0 aliphatic heterocycles. The van der Waals surface area contributed by atoms with Crippen LogP contribution >= 0.6 is 0 Å². The van der Waals surface area contributed by atoms with E-state index in [0.717, 1.165) is 47.9 Å². The van der Waals surface area contributed by atoms with Gasteiger partial charge in [0.2, 0.25) is 5.91 Å². The second-order valence-electron chi connectivity index (χ2n) is 6.79. The fourth-order valence-electron chi connectivity index (χ4n) is 3.25. The molecule has 0 fully saturated rings. The van der Waals surface area contributed by atoms with E-state index in [0.29, 0.717) is 12.3 Å². The van der Waals surface area contributed by atoms with E-state index in [2.05, 4.69) is 46.9 Å². The highest BCUT2D eigenvalue weighted by molar-refractivity contribution is 6.03. The van der Waals surface area contributed by atoms with Crippen molar-refractivity contribution in [1.29, 1.82) is 0 Å². The fraction of sp³-hybridized carbons (Fsp3) is 0.450. The number of hydrogen-bond donors (Lipinski definition) is 1. The minimum atomic E-state index is 0.117. The molecule has 2 heterocycles. The number of amides is 1. The molecule has 1 N–H and O–H groups in total. The predicted octanol–water partition coefficient (Wildman–Crippen LogP) is 4.01. The Morgan fingerprint density at radius 3 is 2.76 bits per heavy atom. The van der Waals surface area contributed by atoms with Crippen molar-refractivity contribution in [2.24, 2.45) is 0 Å². The number of aromatic nitrogens is 3. The average Bonchev–Trinajstić information content (AvgIpc) is 3.04. The van der Waals surface area contributed by atoms with Gasteiger partial charge in [0.15, 0.2) is 0 Å². The monoisotopic (exact) mass is 338 g/mol. The number of carbonyl (C=O) groups excluding carboxylic acids is 1. The van der Waals surface area contributed by atoms with E-state index in [4.69, 9.17) is 4.98 Å². The summed E-state index contributed by atoms with van der Waals surface area (Å²) in [6.07, 6.45) is 5.53. The van der Waals surface area contributed by atoms with Crippen LogP contribution in [-0.4, -0.2) is 27.5 Å². The first-order valence-corrected chi connectivity index (χ1v) is 9.06. The number of hydrogen-bond acceptors (Lipinski definition) is 3. The predicted molar refractivity (Wildman–Crippen MR) is 102 cm³/mol. The number of unbranched alkanes of at least 4 members (excludes halogenated alkanes) is 2. The van der Waals surface area contributed by atoms with Crippen molar-refractivity contribution < 1.29 is 4.79 Å². The molecule has 5 nitrogen and oxygen atoms in total. The first-order valence-electron chi connectivity index (χ1n) is 9.06. The van der Waals surface area contributed by atoms with Gasteiger partial charge in [0.05, 0.1) is 23.1 Å². The Morgan fingerprint density at radius 2 is 2.00 bits per heavy atom. The number of nitrogens with zero attached hydrogens (tertiary/aromatic N) is 3. The molecule has 132 valence electrons. The third-order valence-corrected chi connectivity index (χ3v) is 4.61. The van der Waals surface area contributed by atoms with Gasteiger partial charge >= 0.3 is 0 Å². The second-order valence-corrected chi connectivity index (χ2v) is 6.79. The van der Waals surface area contributed by atoms with Gasteiger partial charge in [-0.25, -0.2) is 4.98 Å². The zero-order valence-electron chi connectivity index (χ0n) is 15.2. The molecule has 0 saturated carbocycles. The molecule has 0 bridgehead atoms. The van der Waals surface area contributed by atoms with Gasteiger partial charge < -0.3 is 9.88 Å². The van der Waals surface area contributed by atoms with Gasteiger partial charge in [-0.1, -0.05) is 38.5 Å². The van der Waals surface area contributed by atoms with E-state index in [-0.39, 0.29) is 5.91 Å². The van der Waals surface area contributed by atoms with E-state index < -0.39 is 0 Å². The molecule has 0 aliphatic carbocycles. The lowest BCUT2D eigenvalue weighted by Gasteiger charge is -2.11. The number of nitrogens with one attached hydrogen (secondary N) is 1. The van der Waals surface area contributed by atoms with Crippen LogP contribution in [0.25, 0.3) is 21.9 Å². The first kappa shape index (κ1) is 17.4. The van der Waals surface area contributed by atoms with Crippen LogP contribution in [0.15, 0.2) is 30.6 Å². The number of pyridine rings is 1. The van der Waals surface area contributed by atoms with Crippen molar-refractivity contribution >= 4 is 27.8 Å². The van der Waals surface area contributed by atoms with Crippen LogP contribution < -0.4 is 5.32 Å². The summed E-state index contributed by atoms with van der Waals surface area (Å²) >= 11 is 0. The fourth-order valence-corrected chi connectivity index (χ4v) is 3.25. The van der Waals surface area contributed by atoms with Crippen molar-refractivity contribution in [3.05, 3.63) is 36.3 Å². The largest absolute Gasteiger partial charge is 0.359 e. The van der Waals surface area contributed by atoms with E-state index in [9.17, 15) is 4.79 Å². The zero-order valence-corrected chi connectivity index (χ0v) is 15.2. The van der Waals surface area contributed by atoms with Crippen molar-refractivity contribution in [1.82, 2.24) is 19.9 Å². The molecule has 3 aromatic rings. The topological polar surface area (TPSA) is 59.8 Å². The highest BCUT2D eigenvalue weighted by atomic mass is 16.1. The van der Waals surface area contributed by atoms with Crippen LogP contribution in [0.1, 0.15) is 51.1 Å².